The molecule has 2 rings (SSSR count). The molecule has 0 heterocycles. The highest BCUT2D eigenvalue weighted by Crippen LogP contribution is 2.19. The summed E-state index contributed by atoms with van der Waals surface area (Å²) in [7, 11) is 1.70. The second-order valence-electron chi connectivity index (χ2n) is 4.88. The molecular weight excluding hydrogens is 248 g/mol. The van der Waals surface area contributed by atoms with Gasteiger partial charge in [0.2, 0.25) is 0 Å². The van der Waals surface area contributed by atoms with Gasteiger partial charge < -0.3 is 10.6 Å². The SMILES string of the molecule is CN=C(NC1CCC1)NC(C)c1ccc(F)c(F)c1. The average Bonchev–Trinajstić information content (AvgIpc) is 2.35. The van der Waals surface area contributed by atoms with E-state index in [1.165, 1.54) is 12.5 Å². The van der Waals surface area contributed by atoms with Crippen LogP contribution in [0.4, 0.5) is 8.78 Å². The Kier molecular flexibility index (Phi) is 4.35. The number of hydrogen-bond donors (Lipinski definition) is 2. The van der Waals surface area contributed by atoms with Gasteiger partial charge in [0.05, 0.1) is 6.04 Å². The Morgan fingerprint density at radius 1 is 1.32 bits per heavy atom. The molecule has 0 aliphatic heterocycles. The van der Waals surface area contributed by atoms with Gasteiger partial charge in [-0.3, -0.25) is 4.99 Å². The van der Waals surface area contributed by atoms with Crippen LogP contribution in [0.2, 0.25) is 0 Å². The van der Waals surface area contributed by atoms with Crippen LogP contribution in [0, 0.1) is 11.6 Å². The summed E-state index contributed by atoms with van der Waals surface area (Å²) in [5.41, 5.74) is 0.690. The van der Waals surface area contributed by atoms with Crippen molar-refractivity contribution in [3.05, 3.63) is 35.4 Å². The Labute approximate surface area is 112 Å². The number of nitrogens with one attached hydrogen (secondary N) is 2. The minimum atomic E-state index is -0.826. The fourth-order valence-corrected chi connectivity index (χ4v) is 1.99. The van der Waals surface area contributed by atoms with Crippen molar-refractivity contribution < 1.29 is 8.78 Å². The van der Waals surface area contributed by atoms with Gasteiger partial charge in [-0.1, -0.05) is 6.07 Å². The van der Waals surface area contributed by atoms with E-state index in [0.717, 1.165) is 18.9 Å². The Hall–Kier alpha value is -1.65. The zero-order chi connectivity index (χ0) is 13.8. The minimum Gasteiger partial charge on any atom is -0.354 e. The molecule has 2 N–H and O–H groups in total. The molecule has 1 aliphatic rings. The van der Waals surface area contributed by atoms with Crippen LogP contribution in [0.1, 0.15) is 37.8 Å². The number of guanidine groups is 1. The van der Waals surface area contributed by atoms with Crippen LogP contribution >= 0.6 is 0 Å². The van der Waals surface area contributed by atoms with Gasteiger partial charge in [0.1, 0.15) is 0 Å². The lowest BCUT2D eigenvalue weighted by atomic mass is 9.93. The van der Waals surface area contributed by atoms with Gasteiger partial charge in [0.25, 0.3) is 0 Å². The molecule has 1 unspecified atom stereocenters. The number of aliphatic imine (C=N–C) groups is 1. The average molecular weight is 267 g/mol. The van der Waals surface area contributed by atoms with E-state index in [1.807, 2.05) is 6.92 Å². The van der Waals surface area contributed by atoms with E-state index in [4.69, 9.17) is 0 Å². The van der Waals surface area contributed by atoms with Crippen LogP contribution < -0.4 is 10.6 Å². The molecule has 1 aromatic rings. The van der Waals surface area contributed by atoms with Crippen LogP contribution in [0.5, 0.6) is 0 Å². The summed E-state index contributed by atoms with van der Waals surface area (Å²) in [6.07, 6.45) is 3.55. The van der Waals surface area contributed by atoms with Gasteiger partial charge in [0, 0.05) is 13.1 Å². The molecule has 1 fully saturated rings. The third kappa shape index (κ3) is 3.43. The minimum absolute atomic E-state index is 0.138. The first-order chi connectivity index (χ1) is 9.10. The first-order valence-corrected chi connectivity index (χ1v) is 6.55. The molecule has 0 saturated heterocycles. The van der Waals surface area contributed by atoms with Gasteiger partial charge in [-0.25, -0.2) is 8.78 Å². The molecule has 5 heteroatoms. The summed E-state index contributed by atoms with van der Waals surface area (Å²) in [5.74, 6) is -0.956. The van der Waals surface area contributed by atoms with Gasteiger partial charge >= 0.3 is 0 Å². The highest BCUT2D eigenvalue weighted by molar-refractivity contribution is 5.80. The molecule has 104 valence electrons. The lowest BCUT2D eigenvalue weighted by molar-refractivity contribution is 0.378. The number of halogens is 2. The Morgan fingerprint density at radius 3 is 2.58 bits per heavy atom. The molecule has 1 aliphatic carbocycles. The van der Waals surface area contributed by atoms with Gasteiger partial charge in [-0.2, -0.15) is 0 Å². The summed E-state index contributed by atoms with van der Waals surface area (Å²) in [6.45, 7) is 1.89. The van der Waals surface area contributed by atoms with Gasteiger partial charge in [0.15, 0.2) is 17.6 Å². The number of hydrogen-bond acceptors (Lipinski definition) is 1. The molecule has 1 atom stereocenters. The monoisotopic (exact) mass is 267 g/mol. The lowest BCUT2D eigenvalue weighted by Crippen LogP contribution is -2.46. The summed E-state index contributed by atoms with van der Waals surface area (Å²) in [5, 5.41) is 6.48. The predicted octanol–water partition coefficient (Wildman–Crippen LogP) is 2.74. The molecule has 0 spiro atoms. The van der Waals surface area contributed by atoms with Crippen molar-refractivity contribution >= 4 is 5.96 Å². The molecule has 0 aromatic heterocycles. The van der Waals surface area contributed by atoms with E-state index in [-0.39, 0.29) is 6.04 Å². The first kappa shape index (κ1) is 13.8. The van der Waals surface area contributed by atoms with Crippen molar-refractivity contribution in [2.24, 2.45) is 4.99 Å². The highest BCUT2D eigenvalue weighted by atomic mass is 19.2. The molecule has 0 radical (unpaired) electrons. The van der Waals surface area contributed by atoms with Crippen molar-refractivity contribution in [1.82, 2.24) is 10.6 Å². The van der Waals surface area contributed by atoms with E-state index in [9.17, 15) is 8.78 Å². The maximum absolute atomic E-state index is 13.2. The number of benzene rings is 1. The second kappa shape index (κ2) is 5.99. The smallest absolute Gasteiger partial charge is 0.191 e. The highest BCUT2D eigenvalue weighted by Gasteiger charge is 2.19. The van der Waals surface area contributed by atoms with Crippen molar-refractivity contribution in [3.63, 3.8) is 0 Å². The molecule has 19 heavy (non-hydrogen) atoms. The van der Waals surface area contributed by atoms with Crippen molar-refractivity contribution in [1.29, 1.82) is 0 Å². The first-order valence-electron chi connectivity index (χ1n) is 6.55. The van der Waals surface area contributed by atoms with Crippen LogP contribution in [0.3, 0.4) is 0 Å². The van der Waals surface area contributed by atoms with Crippen molar-refractivity contribution in [3.8, 4) is 0 Å². The van der Waals surface area contributed by atoms with Crippen molar-refractivity contribution in [2.45, 2.75) is 38.3 Å². The Bertz CT molecular complexity index is 470. The van der Waals surface area contributed by atoms with Crippen LogP contribution in [-0.2, 0) is 0 Å². The fraction of sp³-hybridized carbons (Fsp3) is 0.500. The molecular formula is C14H19F2N3. The Balaban J connectivity index is 1.97. The normalized spacial score (nSPS) is 17.8. The molecule has 3 nitrogen and oxygen atoms in total. The van der Waals surface area contributed by atoms with E-state index < -0.39 is 11.6 Å². The maximum Gasteiger partial charge on any atom is 0.191 e. The zero-order valence-electron chi connectivity index (χ0n) is 11.2. The van der Waals surface area contributed by atoms with E-state index in [2.05, 4.69) is 15.6 Å². The largest absolute Gasteiger partial charge is 0.354 e. The summed E-state index contributed by atoms with van der Waals surface area (Å²) in [4.78, 5) is 4.14. The van der Waals surface area contributed by atoms with Gasteiger partial charge in [-0.05, 0) is 43.9 Å². The molecule has 0 amide bonds. The standard InChI is InChI=1S/C14H19F2N3/c1-9(10-6-7-12(15)13(16)8-10)18-14(17-2)19-11-4-3-5-11/h6-9,11H,3-5H2,1-2H3,(H2,17,18,19). The molecule has 0 bridgehead atoms. The Morgan fingerprint density at radius 2 is 2.05 bits per heavy atom. The third-order valence-electron chi connectivity index (χ3n) is 3.47. The fourth-order valence-electron chi connectivity index (χ4n) is 1.99. The quantitative estimate of drug-likeness (QED) is 0.652. The summed E-state index contributed by atoms with van der Waals surface area (Å²) < 4.78 is 26.1. The zero-order valence-corrected chi connectivity index (χ0v) is 11.2. The van der Waals surface area contributed by atoms with Gasteiger partial charge in [-0.15, -0.1) is 0 Å². The van der Waals surface area contributed by atoms with Crippen molar-refractivity contribution in [2.75, 3.05) is 7.05 Å². The van der Waals surface area contributed by atoms with E-state index >= 15 is 0 Å². The summed E-state index contributed by atoms with van der Waals surface area (Å²) in [6, 6.07) is 4.27. The topological polar surface area (TPSA) is 36.4 Å². The van der Waals surface area contributed by atoms with Crippen LogP contribution in [0.25, 0.3) is 0 Å². The second-order valence-corrected chi connectivity index (χ2v) is 4.88. The van der Waals surface area contributed by atoms with Crippen LogP contribution in [0.15, 0.2) is 23.2 Å². The predicted molar refractivity (Wildman–Crippen MR) is 72.0 cm³/mol. The van der Waals surface area contributed by atoms with Crippen LogP contribution in [-0.4, -0.2) is 19.0 Å². The summed E-state index contributed by atoms with van der Waals surface area (Å²) >= 11 is 0. The van der Waals surface area contributed by atoms with E-state index in [0.29, 0.717) is 17.6 Å². The molecule has 1 aromatic carbocycles. The maximum atomic E-state index is 13.2. The number of nitrogens with zero attached hydrogens (tertiary/aromatic N) is 1. The number of rotatable bonds is 3. The third-order valence-corrected chi connectivity index (χ3v) is 3.47. The molecule has 1 saturated carbocycles. The lowest BCUT2D eigenvalue weighted by Gasteiger charge is -2.29. The van der Waals surface area contributed by atoms with E-state index in [1.54, 1.807) is 13.1 Å².